The van der Waals surface area contributed by atoms with Gasteiger partial charge < -0.3 is 14.4 Å². The summed E-state index contributed by atoms with van der Waals surface area (Å²) in [7, 11) is 0. The number of fused-ring (bicyclic) bond motifs is 1. The summed E-state index contributed by atoms with van der Waals surface area (Å²) in [5.41, 5.74) is 3.86. The number of amides is 1. The molecule has 1 amide bonds. The summed E-state index contributed by atoms with van der Waals surface area (Å²) in [6.07, 6.45) is -3.67. The summed E-state index contributed by atoms with van der Waals surface area (Å²) in [6, 6.07) is 9.64. The van der Waals surface area contributed by atoms with Gasteiger partial charge in [-0.05, 0) is 56.7 Å². The fraction of sp³-hybridized carbons (Fsp3) is 0.423. The Morgan fingerprint density at radius 3 is 2.68 bits per heavy atom. The molecule has 4 aromatic rings. The van der Waals surface area contributed by atoms with E-state index in [1.54, 1.807) is 13.1 Å². The van der Waals surface area contributed by atoms with E-state index in [-0.39, 0.29) is 13.1 Å². The molecule has 1 aliphatic rings. The molecule has 1 N–H and O–H groups in total. The van der Waals surface area contributed by atoms with Gasteiger partial charge in [0.1, 0.15) is 12.2 Å². The molecule has 0 saturated carbocycles. The van der Waals surface area contributed by atoms with Crippen LogP contribution in [0.5, 0.6) is 0 Å². The van der Waals surface area contributed by atoms with Gasteiger partial charge in [0.15, 0.2) is 5.82 Å². The lowest BCUT2D eigenvalue weighted by molar-refractivity contribution is -0.164. The zero-order chi connectivity index (χ0) is 27.1. The van der Waals surface area contributed by atoms with Crippen molar-refractivity contribution >= 4 is 16.9 Å². The van der Waals surface area contributed by atoms with Crippen LogP contribution < -0.4 is 0 Å². The van der Waals surface area contributed by atoms with Crippen LogP contribution in [-0.4, -0.2) is 72.1 Å². The number of carbonyl (C=O) groups is 1. The molecule has 0 unspecified atom stereocenters. The van der Waals surface area contributed by atoms with Gasteiger partial charge in [-0.2, -0.15) is 18.2 Å². The molecule has 1 saturated heterocycles. The molecular formula is C26H28F3N7O2. The van der Waals surface area contributed by atoms with Gasteiger partial charge in [-0.1, -0.05) is 5.16 Å². The zero-order valence-corrected chi connectivity index (χ0v) is 21.3. The maximum Gasteiger partial charge on any atom is 0.397 e. The molecule has 12 heteroatoms. The number of aryl methyl sites for hydroxylation is 1. The van der Waals surface area contributed by atoms with Gasteiger partial charge in [-0.3, -0.25) is 14.7 Å². The van der Waals surface area contributed by atoms with Crippen molar-refractivity contribution < 1.29 is 22.5 Å². The van der Waals surface area contributed by atoms with E-state index in [2.05, 4.69) is 30.0 Å². The highest BCUT2D eigenvalue weighted by Crippen LogP contribution is 2.27. The van der Waals surface area contributed by atoms with Crippen molar-refractivity contribution in [1.82, 2.24) is 34.9 Å². The Bertz CT molecular complexity index is 1460. The molecule has 0 radical (unpaired) electrons. The van der Waals surface area contributed by atoms with E-state index in [0.717, 1.165) is 33.7 Å². The Kier molecular flexibility index (Phi) is 6.68. The highest BCUT2D eigenvalue weighted by Gasteiger charge is 2.39. The van der Waals surface area contributed by atoms with Crippen LogP contribution in [0.2, 0.25) is 0 Å². The summed E-state index contributed by atoms with van der Waals surface area (Å²) >= 11 is 0. The van der Waals surface area contributed by atoms with E-state index in [1.165, 1.54) is 4.90 Å². The molecule has 1 aromatic carbocycles. The molecule has 1 fully saturated rings. The molecule has 0 aliphatic carbocycles. The van der Waals surface area contributed by atoms with Crippen LogP contribution in [0.4, 0.5) is 13.2 Å². The Labute approximate surface area is 217 Å². The second-order valence-electron chi connectivity index (χ2n) is 10.2. The molecule has 0 atom stereocenters. The Morgan fingerprint density at radius 2 is 1.97 bits per heavy atom. The number of aromatic nitrogens is 5. The first-order valence-electron chi connectivity index (χ1n) is 12.3. The lowest BCUT2D eigenvalue weighted by atomic mass is 9.97. The normalized spacial score (nSPS) is 16.3. The number of nitrogens with zero attached hydrogens (tertiary/aromatic N) is 6. The van der Waals surface area contributed by atoms with Crippen LogP contribution in [0.3, 0.4) is 0 Å². The first kappa shape index (κ1) is 25.8. The van der Waals surface area contributed by atoms with Crippen LogP contribution in [0, 0.1) is 6.92 Å². The van der Waals surface area contributed by atoms with Gasteiger partial charge in [0, 0.05) is 55.6 Å². The standard InChI is InChI=1S/C26H28F3N7O2/c1-16-31-24(38-34-16)18-4-5-20-21(11-18)33-22(32-20)12-19-10-17(6-7-30-19)14-36-9-8-35(15-25(36,2)3)23(37)13-26(27,28)29/h4-7,10-11H,8-9,12-15H2,1-3H3,(H,32,33). The maximum atomic E-state index is 12.7. The second kappa shape index (κ2) is 9.82. The minimum absolute atomic E-state index is 0.240. The topological polar surface area (TPSA) is 104 Å². The van der Waals surface area contributed by atoms with Crippen molar-refractivity contribution in [2.45, 2.75) is 51.9 Å². The van der Waals surface area contributed by atoms with Crippen molar-refractivity contribution in [1.29, 1.82) is 0 Å². The number of benzene rings is 1. The van der Waals surface area contributed by atoms with E-state index < -0.39 is 24.0 Å². The van der Waals surface area contributed by atoms with Crippen molar-refractivity contribution in [2.24, 2.45) is 0 Å². The van der Waals surface area contributed by atoms with Crippen molar-refractivity contribution in [3.8, 4) is 11.5 Å². The number of imidazole rings is 1. The van der Waals surface area contributed by atoms with E-state index in [9.17, 15) is 18.0 Å². The number of rotatable bonds is 6. The second-order valence-corrected chi connectivity index (χ2v) is 10.2. The quantitative estimate of drug-likeness (QED) is 0.399. The third-order valence-electron chi connectivity index (χ3n) is 6.69. The lowest BCUT2D eigenvalue weighted by Crippen LogP contribution is -2.60. The third kappa shape index (κ3) is 5.85. The number of halogens is 3. The van der Waals surface area contributed by atoms with Crippen LogP contribution in [0.15, 0.2) is 41.1 Å². The summed E-state index contributed by atoms with van der Waals surface area (Å²) in [5, 5.41) is 3.84. The summed E-state index contributed by atoms with van der Waals surface area (Å²) in [4.78, 5) is 32.4. The van der Waals surface area contributed by atoms with Gasteiger partial charge >= 0.3 is 6.18 Å². The number of H-pyrrole nitrogens is 1. The third-order valence-corrected chi connectivity index (χ3v) is 6.69. The first-order chi connectivity index (χ1) is 17.9. The largest absolute Gasteiger partial charge is 0.397 e. The molecular weight excluding hydrogens is 499 g/mol. The Hall–Kier alpha value is -3.80. The summed E-state index contributed by atoms with van der Waals surface area (Å²) < 4.78 is 43.3. The maximum absolute atomic E-state index is 12.7. The molecule has 1 aliphatic heterocycles. The number of piperazine rings is 1. The van der Waals surface area contributed by atoms with Gasteiger partial charge in [0.25, 0.3) is 5.89 Å². The molecule has 5 rings (SSSR count). The van der Waals surface area contributed by atoms with Crippen LogP contribution in [0.25, 0.3) is 22.5 Å². The summed E-state index contributed by atoms with van der Waals surface area (Å²) in [5.74, 6) is 0.905. The molecule has 38 heavy (non-hydrogen) atoms. The lowest BCUT2D eigenvalue weighted by Gasteiger charge is -2.47. The Balaban J connectivity index is 1.25. The fourth-order valence-electron chi connectivity index (χ4n) is 4.79. The molecule has 4 heterocycles. The Morgan fingerprint density at radius 1 is 1.16 bits per heavy atom. The predicted octanol–water partition coefficient (Wildman–Crippen LogP) is 4.28. The van der Waals surface area contributed by atoms with Crippen LogP contribution in [0.1, 0.15) is 43.2 Å². The van der Waals surface area contributed by atoms with Gasteiger partial charge in [-0.15, -0.1) is 0 Å². The minimum atomic E-state index is -4.50. The fourth-order valence-corrected chi connectivity index (χ4v) is 4.79. The number of pyridine rings is 1. The smallest absolute Gasteiger partial charge is 0.342 e. The number of nitrogens with one attached hydrogen (secondary N) is 1. The van der Waals surface area contributed by atoms with Crippen molar-refractivity contribution in [3.63, 3.8) is 0 Å². The van der Waals surface area contributed by atoms with Gasteiger partial charge in [0.05, 0.1) is 11.0 Å². The molecule has 200 valence electrons. The van der Waals surface area contributed by atoms with E-state index in [1.807, 2.05) is 44.2 Å². The molecule has 0 bridgehead atoms. The van der Waals surface area contributed by atoms with Gasteiger partial charge in [-0.25, -0.2) is 4.98 Å². The monoisotopic (exact) mass is 527 g/mol. The molecule has 9 nitrogen and oxygen atoms in total. The highest BCUT2D eigenvalue weighted by atomic mass is 19.4. The van der Waals surface area contributed by atoms with Crippen LogP contribution in [-0.2, 0) is 17.8 Å². The van der Waals surface area contributed by atoms with E-state index >= 15 is 0 Å². The van der Waals surface area contributed by atoms with E-state index in [4.69, 9.17) is 4.52 Å². The average Bonchev–Trinajstić information content (AvgIpc) is 3.44. The van der Waals surface area contributed by atoms with Crippen molar-refractivity contribution in [2.75, 3.05) is 19.6 Å². The number of carbonyl (C=O) groups excluding carboxylic acids is 1. The average molecular weight is 528 g/mol. The summed E-state index contributed by atoms with van der Waals surface area (Å²) in [6.45, 7) is 7.24. The zero-order valence-electron chi connectivity index (χ0n) is 21.3. The highest BCUT2D eigenvalue weighted by molar-refractivity contribution is 5.80. The number of aromatic amines is 1. The number of hydrogen-bond acceptors (Lipinski definition) is 7. The van der Waals surface area contributed by atoms with E-state index in [0.29, 0.717) is 31.2 Å². The van der Waals surface area contributed by atoms with Crippen LogP contribution >= 0.6 is 0 Å². The first-order valence-corrected chi connectivity index (χ1v) is 12.3. The number of hydrogen-bond donors (Lipinski definition) is 1. The van der Waals surface area contributed by atoms with Crippen molar-refractivity contribution in [3.05, 3.63) is 59.4 Å². The number of alkyl halides is 3. The predicted molar refractivity (Wildman–Crippen MR) is 133 cm³/mol. The molecule has 0 spiro atoms. The SMILES string of the molecule is Cc1noc(-c2ccc3nc(Cc4cc(CN5CCN(C(=O)CC(F)(F)F)CC5(C)C)ccn4)[nH]c3c2)n1. The minimum Gasteiger partial charge on any atom is -0.342 e. The van der Waals surface area contributed by atoms with Gasteiger partial charge in [0.2, 0.25) is 5.91 Å². The molecule has 3 aromatic heterocycles.